The second kappa shape index (κ2) is 14.0. The lowest BCUT2D eigenvalue weighted by Gasteiger charge is -2.27. The fraction of sp³-hybridized carbons (Fsp3) is 0.750. The summed E-state index contributed by atoms with van der Waals surface area (Å²) in [5.74, 6) is 0.211. The number of nitrogens with one attached hydrogen (secondary N) is 1. The molecule has 0 spiro atoms. The first-order valence-corrected chi connectivity index (χ1v) is 13.4. The highest BCUT2D eigenvalue weighted by Gasteiger charge is 2.16. The molecule has 0 amide bonds. The molecule has 0 aliphatic carbocycles. The van der Waals surface area contributed by atoms with Gasteiger partial charge >= 0.3 is 0 Å². The molecule has 1 N–H and O–H groups in total. The maximum atomic E-state index is 12.3. The molecule has 168 valence electrons. The van der Waals surface area contributed by atoms with Gasteiger partial charge in [-0.25, -0.2) is 8.42 Å². The summed E-state index contributed by atoms with van der Waals surface area (Å²) in [6, 6.07) is 7.74. The number of nitrogens with zero attached hydrogens (tertiary/aromatic N) is 1. The lowest BCUT2D eigenvalue weighted by Crippen LogP contribution is -2.39. The molecule has 0 aromatic heterocycles. The van der Waals surface area contributed by atoms with Crippen molar-refractivity contribution in [2.45, 2.75) is 90.9 Å². The largest absolute Gasteiger partial charge is 0.296 e. The van der Waals surface area contributed by atoms with Crippen LogP contribution in [0.2, 0.25) is 0 Å². The SMILES string of the molecule is CCCCCCCCCCCCCCS(=O)(=O)Nc1ccc([N+](C)(C)CC)cc1. The molecule has 1 rings (SSSR count). The number of rotatable bonds is 17. The van der Waals surface area contributed by atoms with Gasteiger partial charge in [-0.05, 0) is 25.5 Å². The third kappa shape index (κ3) is 11.6. The van der Waals surface area contributed by atoms with Crippen LogP contribution in [-0.4, -0.2) is 34.8 Å². The molecule has 0 saturated carbocycles. The number of unbranched alkanes of at least 4 members (excludes halogenated alkanes) is 11. The van der Waals surface area contributed by atoms with Crippen LogP contribution in [-0.2, 0) is 10.0 Å². The summed E-state index contributed by atoms with van der Waals surface area (Å²) >= 11 is 0. The molecule has 0 bridgehead atoms. The van der Waals surface area contributed by atoms with Crippen LogP contribution in [0.25, 0.3) is 0 Å². The molecule has 5 heteroatoms. The highest BCUT2D eigenvalue weighted by atomic mass is 32.2. The van der Waals surface area contributed by atoms with E-state index in [0.29, 0.717) is 5.69 Å². The zero-order chi connectivity index (χ0) is 21.6. The maximum Gasteiger partial charge on any atom is 0.232 e. The second-order valence-corrected chi connectivity index (χ2v) is 10.7. The lowest BCUT2D eigenvalue weighted by molar-refractivity contribution is 0.421. The molecule has 4 nitrogen and oxygen atoms in total. The topological polar surface area (TPSA) is 46.2 Å². The summed E-state index contributed by atoms with van der Waals surface area (Å²) in [5.41, 5.74) is 1.83. The van der Waals surface area contributed by atoms with Gasteiger partial charge in [0.1, 0.15) is 5.69 Å². The van der Waals surface area contributed by atoms with E-state index in [0.717, 1.165) is 30.3 Å². The first-order chi connectivity index (χ1) is 13.8. The molecular weight excluding hydrogens is 380 g/mol. The van der Waals surface area contributed by atoms with Gasteiger partial charge in [-0.15, -0.1) is 0 Å². The highest BCUT2D eigenvalue weighted by molar-refractivity contribution is 7.92. The van der Waals surface area contributed by atoms with E-state index in [2.05, 4.69) is 32.7 Å². The van der Waals surface area contributed by atoms with Crippen molar-refractivity contribution in [1.82, 2.24) is 4.48 Å². The van der Waals surface area contributed by atoms with Gasteiger partial charge in [0.25, 0.3) is 0 Å². The Hall–Kier alpha value is -1.07. The van der Waals surface area contributed by atoms with Crippen LogP contribution in [0.15, 0.2) is 24.3 Å². The van der Waals surface area contributed by atoms with Gasteiger partial charge in [0.05, 0.1) is 26.4 Å². The van der Waals surface area contributed by atoms with Gasteiger partial charge in [-0.1, -0.05) is 77.6 Å². The number of benzene rings is 1. The van der Waals surface area contributed by atoms with Gasteiger partial charge in [0.2, 0.25) is 10.0 Å². The van der Waals surface area contributed by atoms with Crippen molar-refractivity contribution >= 4 is 21.4 Å². The quantitative estimate of drug-likeness (QED) is 0.222. The Kier molecular flexibility index (Phi) is 12.6. The van der Waals surface area contributed by atoms with Crippen LogP contribution in [0.1, 0.15) is 90.9 Å². The van der Waals surface area contributed by atoms with E-state index in [1.807, 2.05) is 24.3 Å². The van der Waals surface area contributed by atoms with E-state index in [1.165, 1.54) is 63.5 Å². The van der Waals surface area contributed by atoms with Crippen molar-refractivity contribution in [2.24, 2.45) is 0 Å². The summed E-state index contributed by atoms with van der Waals surface area (Å²) in [7, 11) is 1.04. The smallest absolute Gasteiger partial charge is 0.232 e. The lowest BCUT2D eigenvalue weighted by atomic mass is 10.1. The molecule has 0 atom stereocenters. The van der Waals surface area contributed by atoms with Gasteiger partial charge in [-0.2, -0.15) is 0 Å². The van der Waals surface area contributed by atoms with Crippen LogP contribution in [0, 0.1) is 0 Å². The Labute approximate surface area is 180 Å². The van der Waals surface area contributed by atoms with E-state index in [1.54, 1.807) is 0 Å². The van der Waals surface area contributed by atoms with Crippen molar-refractivity contribution in [3.63, 3.8) is 0 Å². The summed E-state index contributed by atoms with van der Waals surface area (Å²) < 4.78 is 28.1. The van der Waals surface area contributed by atoms with Gasteiger partial charge in [-0.3, -0.25) is 9.21 Å². The normalized spacial score (nSPS) is 12.3. The Balaban J connectivity index is 2.15. The third-order valence-electron chi connectivity index (χ3n) is 5.90. The molecule has 1 aromatic carbocycles. The van der Waals surface area contributed by atoms with Crippen molar-refractivity contribution in [3.05, 3.63) is 24.3 Å². The summed E-state index contributed by atoms with van der Waals surface area (Å²) in [4.78, 5) is 0. The second-order valence-electron chi connectivity index (χ2n) is 8.86. The standard InChI is InChI=1S/C24H45N2O2S/c1-5-7-8-9-10-11-12-13-14-15-16-17-22-29(27,28)25-23-18-20-24(21-19-23)26(3,4)6-2/h18-21,25H,5-17,22H2,1-4H3/q+1. The molecule has 0 aliphatic rings. The molecule has 1 aromatic rings. The predicted octanol–water partition coefficient (Wildman–Crippen LogP) is 6.72. The van der Waals surface area contributed by atoms with Crippen molar-refractivity contribution in [1.29, 1.82) is 0 Å². The first-order valence-electron chi connectivity index (χ1n) is 11.7. The van der Waals surface area contributed by atoms with Crippen LogP contribution in [0.5, 0.6) is 0 Å². The Bertz CT molecular complexity index is 639. The molecule has 0 heterocycles. The molecule has 0 unspecified atom stereocenters. The first kappa shape index (κ1) is 26.0. The minimum atomic E-state index is -3.26. The fourth-order valence-electron chi connectivity index (χ4n) is 3.48. The molecule has 29 heavy (non-hydrogen) atoms. The van der Waals surface area contributed by atoms with Gasteiger partial charge in [0, 0.05) is 17.8 Å². The van der Waals surface area contributed by atoms with Crippen LogP contribution < -0.4 is 9.21 Å². The molecular formula is C24H45N2O2S+. The zero-order valence-electron chi connectivity index (χ0n) is 19.4. The van der Waals surface area contributed by atoms with E-state index < -0.39 is 10.0 Å². The Morgan fingerprint density at radius 3 is 1.62 bits per heavy atom. The maximum absolute atomic E-state index is 12.3. The van der Waals surface area contributed by atoms with Crippen LogP contribution >= 0.6 is 0 Å². The molecule has 0 fully saturated rings. The van der Waals surface area contributed by atoms with E-state index >= 15 is 0 Å². The highest BCUT2D eigenvalue weighted by Crippen LogP contribution is 2.22. The van der Waals surface area contributed by atoms with Gasteiger partial charge in [0.15, 0.2) is 0 Å². The average molecular weight is 426 g/mol. The Morgan fingerprint density at radius 2 is 1.17 bits per heavy atom. The van der Waals surface area contributed by atoms with Crippen LogP contribution in [0.3, 0.4) is 0 Å². The number of anilines is 1. The number of hydrogen-bond acceptors (Lipinski definition) is 2. The molecule has 0 saturated heterocycles. The minimum Gasteiger partial charge on any atom is -0.296 e. The Morgan fingerprint density at radius 1 is 0.724 bits per heavy atom. The number of quaternary nitrogens is 1. The summed E-state index contributed by atoms with van der Waals surface area (Å²) in [6.45, 7) is 5.39. The fourth-order valence-corrected chi connectivity index (χ4v) is 4.66. The predicted molar refractivity (Wildman–Crippen MR) is 129 cm³/mol. The van der Waals surface area contributed by atoms with Crippen molar-refractivity contribution < 1.29 is 8.42 Å². The van der Waals surface area contributed by atoms with Gasteiger partial charge < -0.3 is 0 Å². The third-order valence-corrected chi connectivity index (χ3v) is 7.27. The number of sulfonamides is 1. The molecule has 0 radical (unpaired) electrons. The monoisotopic (exact) mass is 425 g/mol. The zero-order valence-corrected chi connectivity index (χ0v) is 20.2. The van der Waals surface area contributed by atoms with E-state index in [-0.39, 0.29) is 5.75 Å². The van der Waals surface area contributed by atoms with Crippen molar-refractivity contribution in [3.8, 4) is 0 Å². The number of hydrogen-bond donors (Lipinski definition) is 1. The average Bonchev–Trinajstić information content (AvgIpc) is 2.69. The minimum absolute atomic E-state index is 0.211. The van der Waals surface area contributed by atoms with Crippen LogP contribution in [0.4, 0.5) is 11.4 Å². The van der Waals surface area contributed by atoms with E-state index in [4.69, 9.17) is 0 Å². The van der Waals surface area contributed by atoms with E-state index in [9.17, 15) is 8.42 Å². The molecule has 0 aliphatic heterocycles. The summed E-state index contributed by atoms with van der Waals surface area (Å²) in [5, 5.41) is 0. The summed E-state index contributed by atoms with van der Waals surface area (Å²) in [6.07, 6.45) is 14.9. The van der Waals surface area contributed by atoms with Crippen molar-refractivity contribution in [2.75, 3.05) is 31.1 Å².